The van der Waals surface area contributed by atoms with E-state index in [1.807, 2.05) is 31.2 Å². The van der Waals surface area contributed by atoms with Gasteiger partial charge in [0.2, 0.25) is 0 Å². The van der Waals surface area contributed by atoms with Crippen molar-refractivity contribution in [3.63, 3.8) is 0 Å². The maximum Gasteiger partial charge on any atom is 0.191 e. The van der Waals surface area contributed by atoms with Crippen LogP contribution in [0.5, 0.6) is 11.5 Å². The quantitative estimate of drug-likeness (QED) is 0.317. The molecule has 6 heteroatoms. The zero-order chi connectivity index (χ0) is 14.8. The van der Waals surface area contributed by atoms with E-state index in [1.54, 1.807) is 20.2 Å². The number of hydrogen-bond donors (Lipinski definition) is 2. The zero-order valence-corrected chi connectivity index (χ0v) is 15.1. The van der Waals surface area contributed by atoms with E-state index < -0.39 is 0 Å². The molecule has 0 fully saturated rings. The number of halogens is 1. The number of rotatable bonds is 7. The van der Waals surface area contributed by atoms with Crippen LogP contribution in [0, 0.1) is 0 Å². The van der Waals surface area contributed by atoms with Crippen LogP contribution in [-0.2, 0) is 0 Å². The van der Waals surface area contributed by atoms with E-state index >= 15 is 0 Å². The topological polar surface area (TPSA) is 54.9 Å². The molecule has 0 aromatic heterocycles. The van der Waals surface area contributed by atoms with Crippen molar-refractivity contribution in [1.29, 1.82) is 0 Å². The van der Waals surface area contributed by atoms with Crippen LogP contribution in [0.15, 0.2) is 41.9 Å². The number of para-hydroxylation sites is 2. The fraction of sp³-hybridized carbons (Fsp3) is 0.400. The molecule has 0 aliphatic rings. The summed E-state index contributed by atoms with van der Waals surface area (Å²) in [5.74, 6) is 2.19. The Morgan fingerprint density at radius 1 is 1.33 bits per heavy atom. The first-order valence-corrected chi connectivity index (χ1v) is 6.56. The number of hydrogen-bond acceptors (Lipinski definition) is 3. The summed E-state index contributed by atoms with van der Waals surface area (Å²) in [4.78, 5) is 4.10. The standard InChI is InChI=1S/C15H23N3O2.HI/c1-5-10-17-15(16-3)18-11-12(2)20-14-9-7-6-8-13(14)19-4;/h5-9,12H,1,10-11H2,2-4H3,(H2,16,17,18);1H. The second kappa shape index (κ2) is 11.2. The molecule has 0 spiro atoms. The van der Waals surface area contributed by atoms with Crippen LogP contribution in [-0.4, -0.2) is 39.3 Å². The third kappa shape index (κ3) is 7.22. The number of aliphatic imine (C=N–C) groups is 1. The molecule has 0 aliphatic carbocycles. The fourth-order valence-corrected chi connectivity index (χ4v) is 1.60. The molecule has 0 heterocycles. The fourth-order valence-electron chi connectivity index (χ4n) is 1.60. The predicted octanol–water partition coefficient (Wildman–Crippen LogP) is 2.43. The molecule has 21 heavy (non-hydrogen) atoms. The van der Waals surface area contributed by atoms with E-state index in [0.29, 0.717) is 13.1 Å². The van der Waals surface area contributed by atoms with E-state index in [1.165, 1.54) is 0 Å². The Bertz CT molecular complexity index is 452. The number of ether oxygens (including phenoxy) is 2. The van der Waals surface area contributed by atoms with Crippen LogP contribution < -0.4 is 20.1 Å². The van der Waals surface area contributed by atoms with Gasteiger partial charge in [0.1, 0.15) is 6.10 Å². The van der Waals surface area contributed by atoms with E-state index in [4.69, 9.17) is 9.47 Å². The number of benzene rings is 1. The number of nitrogens with one attached hydrogen (secondary N) is 2. The lowest BCUT2D eigenvalue weighted by Crippen LogP contribution is -2.41. The van der Waals surface area contributed by atoms with Gasteiger partial charge in [-0.25, -0.2) is 0 Å². The third-order valence-corrected chi connectivity index (χ3v) is 2.59. The number of nitrogens with zero attached hydrogens (tertiary/aromatic N) is 1. The summed E-state index contributed by atoms with van der Waals surface area (Å²) >= 11 is 0. The second-order valence-electron chi connectivity index (χ2n) is 4.20. The van der Waals surface area contributed by atoms with E-state index in [2.05, 4.69) is 22.2 Å². The van der Waals surface area contributed by atoms with Crippen LogP contribution in [0.25, 0.3) is 0 Å². The Balaban J connectivity index is 0.00000400. The van der Waals surface area contributed by atoms with Crippen molar-refractivity contribution < 1.29 is 9.47 Å². The summed E-state index contributed by atoms with van der Waals surface area (Å²) < 4.78 is 11.1. The summed E-state index contributed by atoms with van der Waals surface area (Å²) in [6.45, 7) is 6.94. The van der Waals surface area contributed by atoms with Crippen LogP contribution in [0.4, 0.5) is 0 Å². The maximum absolute atomic E-state index is 5.85. The smallest absolute Gasteiger partial charge is 0.191 e. The van der Waals surface area contributed by atoms with E-state index in [-0.39, 0.29) is 30.1 Å². The van der Waals surface area contributed by atoms with Crippen molar-refractivity contribution in [2.45, 2.75) is 13.0 Å². The van der Waals surface area contributed by atoms with Crippen molar-refractivity contribution >= 4 is 29.9 Å². The molecule has 1 rings (SSSR count). The molecule has 0 bridgehead atoms. The third-order valence-electron chi connectivity index (χ3n) is 2.59. The zero-order valence-electron chi connectivity index (χ0n) is 12.8. The molecule has 5 nitrogen and oxygen atoms in total. The van der Waals surface area contributed by atoms with Gasteiger partial charge >= 0.3 is 0 Å². The van der Waals surface area contributed by atoms with Gasteiger partial charge in [-0.2, -0.15) is 0 Å². The summed E-state index contributed by atoms with van der Waals surface area (Å²) in [5.41, 5.74) is 0. The average Bonchev–Trinajstić information content (AvgIpc) is 2.48. The number of methoxy groups -OCH3 is 1. The first-order chi connectivity index (χ1) is 9.71. The Hall–Kier alpha value is -1.44. The minimum absolute atomic E-state index is 0. The summed E-state index contributed by atoms with van der Waals surface area (Å²) in [6, 6.07) is 7.60. The van der Waals surface area contributed by atoms with E-state index in [0.717, 1.165) is 17.5 Å². The molecular formula is C15H24IN3O2. The van der Waals surface area contributed by atoms with Crippen molar-refractivity contribution in [2.75, 3.05) is 27.2 Å². The highest BCUT2D eigenvalue weighted by Gasteiger charge is 2.08. The molecule has 1 aromatic rings. The highest BCUT2D eigenvalue weighted by Crippen LogP contribution is 2.26. The van der Waals surface area contributed by atoms with Gasteiger partial charge in [0.05, 0.1) is 13.7 Å². The van der Waals surface area contributed by atoms with Gasteiger partial charge in [0.25, 0.3) is 0 Å². The minimum Gasteiger partial charge on any atom is -0.493 e. The largest absolute Gasteiger partial charge is 0.493 e. The van der Waals surface area contributed by atoms with Gasteiger partial charge in [-0.15, -0.1) is 30.6 Å². The molecule has 1 atom stereocenters. The van der Waals surface area contributed by atoms with Crippen molar-refractivity contribution in [3.05, 3.63) is 36.9 Å². The SMILES string of the molecule is C=CCNC(=NC)NCC(C)Oc1ccccc1OC.I. The molecule has 0 aliphatic heterocycles. The van der Waals surface area contributed by atoms with Gasteiger partial charge in [-0.05, 0) is 19.1 Å². The minimum atomic E-state index is -0.0198. The molecule has 1 unspecified atom stereocenters. The summed E-state index contributed by atoms with van der Waals surface area (Å²) in [5, 5.41) is 6.29. The van der Waals surface area contributed by atoms with Crippen molar-refractivity contribution in [1.82, 2.24) is 10.6 Å². The maximum atomic E-state index is 5.85. The molecule has 0 amide bonds. The highest BCUT2D eigenvalue weighted by atomic mass is 127. The average molecular weight is 405 g/mol. The normalized spacial score (nSPS) is 11.9. The lowest BCUT2D eigenvalue weighted by atomic mass is 10.3. The summed E-state index contributed by atoms with van der Waals surface area (Å²) in [6.07, 6.45) is 1.76. The molecule has 118 valence electrons. The van der Waals surface area contributed by atoms with Gasteiger partial charge in [-0.1, -0.05) is 18.2 Å². The van der Waals surface area contributed by atoms with Gasteiger partial charge in [0, 0.05) is 13.6 Å². The van der Waals surface area contributed by atoms with Crippen LogP contribution in [0.1, 0.15) is 6.92 Å². The Kier molecular flexibility index (Phi) is 10.5. The molecule has 0 saturated heterocycles. The lowest BCUT2D eigenvalue weighted by molar-refractivity contribution is 0.213. The predicted molar refractivity (Wildman–Crippen MR) is 98.1 cm³/mol. The number of guanidine groups is 1. The molecule has 1 aromatic carbocycles. The van der Waals surface area contributed by atoms with E-state index in [9.17, 15) is 0 Å². The molecular weight excluding hydrogens is 381 g/mol. The Morgan fingerprint density at radius 2 is 2.00 bits per heavy atom. The Morgan fingerprint density at radius 3 is 2.57 bits per heavy atom. The second-order valence-corrected chi connectivity index (χ2v) is 4.20. The highest BCUT2D eigenvalue weighted by molar-refractivity contribution is 14.0. The summed E-state index contributed by atoms with van der Waals surface area (Å²) in [7, 11) is 3.36. The van der Waals surface area contributed by atoms with Crippen LogP contribution in [0.2, 0.25) is 0 Å². The lowest BCUT2D eigenvalue weighted by Gasteiger charge is -2.18. The molecule has 0 saturated carbocycles. The van der Waals surface area contributed by atoms with Gasteiger partial charge in [-0.3, -0.25) is 4.99 Å². The molecule has 0 radical (unpaired) electrons. The van der Waals surface area contributed by atoms with Gasteiger partial charge < -0.3 is 20.1 Å². The monoisotopic (exact) mass is 405 g/mol. The Labute approximate surface area is 143 Å². The first-order valence-electron chi connectivity index (χ1n) is 6.56. The van der Waals surface area contributed by atoms with Gasteiger partial charge in [0.15, 0.2) is 17.5 Å². The molecule has 2 N–H and O–H groups in total. The van der Waals surface area contributed by atoms with Crippen molar-refractivity contribution in [3.8, 4) is 11.5 Å². The van der Waals surface area contributed by atoms with Crippen molar-refractivity contribution in [2.24, 2.45) is 4.99 Å². The first kappa shape index (κ1) is 19.6. The van der Waals surface area contributed by atoms with Crippen LogP contribution >= 0.6 is 24.0 Å². The van der Waals surface area contributed by atoms with Crippen LogP contribution in [0.3, 0.4) is 0 Å².